The van der Waals surface area contributed by atoms with Crippen LogP contribution >= 0.6 is 0 Å². The summed E-state index contributed by atoms with van der Waals surface area (Å²) in [7, 11) is 0. The zero-order valence-corrected chi connectivity index (χ0v) is 18.6. The highest BCUT2D eigenvalue weighted by molar-refractivity contribution is 5.72. The van der Waals surface area contributed by atoms with Gasteiger partial charge < -0.3 is 14.2 Å². The molecule has 1 aliphatic heterocycles. The lowest BCUT2D eigenvalue weighted by atomic mass is 9.75. The first-order valence-electron chi connectivity index (χ1n) is 10.7. The molecule has 1 heterocycles. The topological polar surface area (TPSA) is 65.1 Å². The van der Waals surface area contributed by atoms with Crippen molar-refractivity contribution in [3.05, 3.63) is 12.2 Å². The zero-order chi connectivity index (χ0) is 21.2. The normalized spacial score (nSPS) is 30.0. The Balaban J connectivity index is 2.16. The van der Waals surface area contributed by atoms with Crippen LogP contribution in [0.15, 0.2) is 12.2 Å². The number of ether oxygens (including phenoxy) is 3. The van der Waals surface area contributed by atoms with E-state index >= 15 is 0 Å². The van der Waals surface area contributed by atoms with Crippen molar-refractivity contribution in [2.75, 3.05) is 0 Å². The monoisotopic (exact) mass is 394 g/mol. The van der Waals surface area contributed by atoms with Crippen LogP contribution in [0, 0.1) is 23.7 Å². The Morgan fingerprint density at radius 3 is 2.18 bits per heavy atom. The molecule has 0 bridgehead atoms. The number of epoxide rings is 1. The van der Waals surface area contributed by atoms with Crippen LogP contribution in [0.4, 0.5) is 0 Å². The second-order valence-electron chi connectivity index (χ2n) is 9.76. The lowest BCUT2D eigenvalue weighted by Gasteiger charge is -2.38. The van der Waals surface area contributed by atoms with Gasteiger partial charge in [-0.3, -0.25) is 9.59 Å². The Labute approximate surface area is 170 Å². The maximum Gasteiger partial charge on any atom is 0.308 e. The van der Waals surface area contributed by atoms with Crippen LogP contribution in [0.25, 0.3) is 0 Å². The first-order chi connectivity index (χ1) is 12.9. The molecule has 5 heteroatoms. The molecule has 2 rings (SSSR count). The average Bonchev–Trinajstić information content (AvgIpc) is 3.19. The molecule has 1 saturated heterocycles. The second-order valence-corrected chi connectivity index (χ2v) is 9.76. The van der Waals surface area contributed by atoms with Gasteiger partial charge in [0.15, 0.2) is 0 Å². The number of hydrogen-bond donors (Lipinski definition) is 0. The summed E-state index contributed by atoms with van der Waals surface area (Å²) in [4.78, 5) is 24.6. The lowest BCUT2D eigenvalue weighted by Crippen LogP contribution is -2.39. The summed E-state index contributed by atoms with van der Waals surface area (Å²) in [5.41, 5.74) is 0.668. The predicted molar refractivity (Wildman–Crippen MR) is 109 cm³/mol. The van der Waals surface area contributed by atoms with Crippen molar-refractivity contribution in [1.29, 1.82) is 0 Å². The van der Waals surface area contributed by atoms with E-state index in [4.69, 9.17) is 14.2 Å². The molecular weight excluding hydrogens is 356 g/mol. The molecule has 160 valence electrons. The highest BCUT2D eigenvalue weighted by Gasteiger charge is 2.50. The van der Waals surface area contributed by atoms with Crippen LogP contribution in [0.3, 0.4) is 0 Å². The molecule has 1 saturated carbocycles. The Morgan fingerprint density at radius 1 is 1.11 bits per heavy atom. The highest BCUT2D eigenvalue weighted by atomic mass is 16.6. The van der Waals surface area contributed by atoms with Gasteiger partial charge in [0.05, 0.1) is 23.5 Å². The minimum Gasteiger partial charge on any atom is -0.462 e. The smallest absolute Gasteiger partial charge is 0.308 e. The fourth-order valence-corrected chi connectivity index (χ4v) is 3.82. The quantitative estimate of drug-likeness (QED) is 0.340. The van der Waals surface area contributed by atoms with Crippen LogP contribution in [-0.2, 0) is 23.8 Å². The fourth-order valence-electron chi connectivity index (χ4n) is 3.82. The van der Waals surface area contributed by atoms with E-state index in [1.807, 2.05) is 41.5 Å². The van der Waals surface area contributed by atoms with Crippen LogP contribution in [0.5, 0.6) is 0 Å². The molecule has 5 atom stereocenters. The van der Waals surface area contributed by atoms with E-state index < -0.39 is 6.10 Å². The van der Waals surface area contributed by atoms with Crippen molar-refractivity contribution in [2.45, 2.75) is 98.1 Å². The van der Waals surface area contributed by atoms with E-state index in [0.717, 1.165) is 24.8 Å². The van der Waals surface area contributed by atoms with Gasteiger partial charge in [0.1, 0.15) is 12.2 Å². The summed E-state index contributed by atoms with van der Waals surface area (Å²) in [5, 5.41) is 0. The van der Waals surface area contributed by atoms with Crippen LogP contribution in [0.2, 0.25) is 0 Å². The van der Waals surface area contributed by atoms with Gasteiger partial charge in [0.25, 0.3) is 0 Å². The van der Waals surface area contributed by atoms with Gasteiger partial charge in [-0.25, -0.2) is 0 Å². The molecule has 0 aromatic carbocycles. The van der Waals surface area contributed by atoms with E-state index in [1.54, 1.807) is 0 Å². The van der Waals surface area contributed by atoms with E-state index in [2.05, 4.69) is 13.5 Å². The molecule has 0 radical (unpaired) electrons. The van der Waals surface area contributed by atoms with Crippen LogP contribution in [-0.4, -0.2) is 35.9 Å². The largest absolute Gasteiger partial charge is 0.462 e. The number of rotatable bonds is 8. The molecule has 2 fully saturated rings. The summed E-state index contributed by atoms with van der Waals surface area (Å²) in [6.07, 6.45) is 2.78. The van der Waals surface area contributed by atoms with E-state index in [-0.39, 0.29) is 47.5 Å². The Bertz CT molecular complexity index is 592. The van der Waals surface area contributed by atoms with Crippen molar-refractivity contribution >= 4 is 11.9 Å². The third-order valence-electron chi connectivity index (χ3n) is 6.00. The average molecular weight is 395 g/mol. The first-order valence-corrected chi connectivity index (χ1v) is 10.7. The minimum atomic E-state index is -0.416. The van der Waals surface area contributed by atoms with Crippen molar-refractivity contribution in [3.63, 3.8) is 0 Å². The number of carbonyl (C=O) groups is 2. The summed E-state index contributed by atoms with van der Waals surface area (Å²) in [5.74, 6) is -0.281. The van der Waals surface area contributed by atoms with Crippen LogP contribution < -0.4 is 0 Å². The molecule has 0 aromatic heterocycles. The van der Waals surface area contributed by atoms with Gasteiger partial charge in [-0.05, 0) is 44.6 Å². The van der Waals surface area contributed by atoms with Gasteiger partial charge in [0, 0.05) is 12.3 Å². The number of esters is 2. The summed E-state index contributed by atoms with van der Waals surface area (Å²) in [6, 6.07) is 0. The van der Waals surface area contributed by atoms with Gasteiger partial charge in [-0.15, -0.1) is 0 Å². The molecule has 2 aliphatic rings. The van der Waals surface area contributed by atoms with Gasteiger partial charge in [-0.2, -0.15) is 0 Å². The third-order valence-corrected chi connectivity index (χ3v) is 6.00. The Hall–Kier alpha value is -1.36. The molecule has 0 spiro atoms. The van der Waals surface area contributed by atoms with Crippen molar-refractivity contribution in [3.8, 4) is 0 Å². The highest BCUT2D eigenvalue weighted by Crippen LogP contribution is 2.43. The SMILES string of the molecule is C=C([C@H](C[C@@H]1OC1(C)C)OC(=O)C(C)C)[C@@H]1CC[C@@H](C)C[C@H]1OC(=O)C(C)C. The summed E-state index contributed by atoms with van der Waals surface area (Å²) in [6.45, 7) is 17.9. The van der Waals surface area contributed by atoms with E-state index in [1.165, 1.54) is 0 Å². The maximum absolute atomic E-state index is 12.3. The zero-order valence-electron chi connectivity index (χ0n) is 18.6. The number of carbonyl (C=O) groups excluding carboxylic acids is 2. The summed E-state index contributed by atoms with van der Waals surface area (Å²) >= 11 is 0. The maximum atomic E-state index is 12.3. The molecule has 1 aliphatic carbocycles. The summed E-state index contributed by atoms with van der Waals surface area (Å²) < 4.78 is 17.4. The Morgan fingerprint density at radius 2 is 1.68 bits per heavy atom. The molecule has 28 heavy (non-hydrogen) atoms. The molecule has 0 unspecified atom stereocenters. The lowest BCUT2D eigenvalue weighted by molar-refractivity contribution is -0.159. The van der Waals surface area contributed by atoms with Gasteiger partial charge in [0.2, 0.25) is 0 Å². The number of hydrogen-bond acceptors (Lipinski definition) is 5. The molecular formula is C23H38O5. The predicted octanol–water partition coefficient (Wildman–Crippen LogP) is 4.68. The molecule has 5 nitrogen and oxygen atoms in total. The minimum absolute atomic E-state index is 0.00530. The fraction of sp³-hybridized carbons (Fsp3) is 0.826. The van der Waals surface area contributed by atoms with E-state index in [9.17, 15) is 9.59 Å². The second kappa shape index (κ2) is 8.98. The Kier molecular flexibility index (Phi) is 7.35. The standard InChI is InChI=1S/C23H38O5/c1-13(2)21(24)26-18(12-20-23(7,8)28-20)16(6)17-10-9-15(5)11-19(17)27-22(25)14(3)4/h13-15,17-20H,6,9-12H2,1-5,7-8H3/t15-,17+,18+,19-,20+/m1/s1. The first kappa shape index (κ1) is 22.9. The van der Waals surface area contributed by atoms with Gasteiger partial charge >= 0.3 is 11.9 Å². The van der Waals surface area contributed by atoms with Crippen molar-refractivity contribution < 1.29 is 23.8 Å². The molecule has 0 N–H and O–H groups in total. The van der Waals surface area contributed by atoms with E-state index in [0.29, 0.717) is 12.3 Å². The molecule has 0 aromatic rings. The van der Waals surface area contributed by atoms with Crippen molar-refractivity contribution in [1.82, 2.24) is 0 Å². The molecule has 0 amide bonds. The van der Waals surface area contributed by atoms with Crippen LogP contribution in [0.1, 0.15) is 74.1 Å². The van der Waals surface area contributed by atoms with Crippen molar-refractivity contribution in [2.24, 2.45) is 23.7 Å². The third kappa shape index (κ3) is 5.82. The van der Waals surface area contributed by atoms with Gasteiger partial charge in [-0.1, -0.05) is 41.2 Å².